The third-order valence-corrected chi connectivity index (χ3v) is 1.88. The summed E-state index contributed by atoms with van der Waals surface area (Å²) in [5, 5.41) is 11.8. The second kappa shape index (κ2) is 4.25. The Balaban J connectivity index is 2.22. The molecule has 2 rings (SSSR count). The Morgan fingerprint density at radius 2 is 2.27 bits per heavy atom. The Labute approximate surface area is 88.0 Å². The fourth-order valence-electron chi connectivity index (χ4n) is 1.21. The number of aromatic nitrogens is 1. The van der Waals surface area contributed by atoms with Crippen molar-refractivity contribution in [2.75, 3.05) is 5.32 Å². The van der Waals surface area contributed by atoms with Crippen molar-refractivity contribution in [3.05, 3.63) is 54.2 Å². The minimum Gasteiger partial charge on any atom is -0.340 e. The Bertz CT molecular complexity index is 486. The largest absolute Gasteiger partial charge is 0.340 e. The van der Waals surface area contributed by atoms with Crippen LogP contribution in [0.15, 0.2) is 42.6 Å². The van der Waals surface area contributed by atoms with Crippen molar-refractivity contribution in [1.29, 1.82) is 5.26 Å². The van der Waals surface area contributed by atoms with Gasteiger partial charge in [-0.3, -0.25) is 0 Å². The maximum atomic E-state index is 8.73. The summed E-state index contributed by atoms with van der Waals surface area (Å²) in [6, 6.07) is 15.8. The monoisotopic (exact) mass is 194 g/mol. The predicted octanol–water partition coefficient (Wildman–Crippen LogP) is 2.50. The molecule has 1 aromatic heterocycles. The molecule has 1 N–H and O–H groups in total. The summed E-state index contributed by atoms with van der Waals surface area (Å²) in [4.78, 5) is 4.08. The van der Waals surface area contributed by atoms with Gasteiger partial charge in [0.15, 0.2) is 0 Å². The second-order valence-electron chi connectivity index (χ2n) is 2.96. The summed E-state index contributed by atoms with van der Waals surface area (Å²) in [6.07, 6.45) is 1.59. The lowest BCUT2D eigenvalue weighted by atomic mass is 10.2. The van der Waals surface area contributed by atoms with E-state index in [1.54, 1.807) is 24.4 Å². The van der Waals surface area contributed by atoms with Crippen molar-refractivity contribution in [2.45, 2.75) is 0 Å². The molecule has 1 radical (unpaired) electrons. The number of hydrogen-bond donors (Lipinski definition) is 1. The number of anilines is 2. The highest BCUT2D eigenvalue weighted by atomic mass is 15.0. The molecule has 0 bridgehead atoms. The van der Waals surface area contributed by atoms with Gasteiger partial charge in [0, 0.05) is 18.0 Å². The van der Waals surface area contributed by atoms with E-state index in [0.29, 0.717) is 5.56 Å². The molecule has 0 aliphatic heterocycles. The highest BCUT2D eigenvalue weighted by Crippen LogP contribution is 2.14. The highest BCUT2D eigenvalue weighted by Gasteiger charge is 1.95. The maximum absolute atomic E-state index is 8.73. The molecular formula is C12H8N3. The predicted molar refractivity (Wildman–Crippen MR) is 57.5 cm³/mol. The SMILES string of the molecule is N#Cc1cccc(Nc2cc[c]cn2)c1. The van der Waals surface area contributed by atoms with Gasteiger partial charge in [-0.05, 0) is 30.3 Å². The van der Waals surface area contributed by atoms with Crippen LogP contribution in [0.4, 0.5) is 11.5 Å². The van der Waals surface area contributed by atoms with Gasteiger partial charge in [0.25, 0.3) is 0 Å². The highest BCUT2D eigenvalue weighted by molar-refractivity contribution is 5.58. The van der Waals surface area contributed by atoms with Crippen LogP contribution in [0.5, 0.6) is 0 Å². The van der Waals surface area contributed by atoms with E-state index in [4.69, 9.17) is 5.26 Å². The van der Waals surface area contributed by atoms with Crippen molar-refractivity contribution in [1.82, 2.24) is 4.98 Å². The Kier molecular flexibility index (Phi) is 2.61. The van der Waals surface area contributed by atoms with Gasteiger partial charge in [0.05, 0.1) is 11.6 Å². The van der Waals surface area contributed by atoms with Crippen LogP contribution >= 0.6 is 0 Å². The molecule has 15 heavy (non-hydrogen) atoms. The summed E-state index contributed by atoms with van der Waals surface area (Å²) in [5.41, 5.74) is 1.48. The molecule has 0 fully saturated rings. The third-order valence-electron chi connectivity index (χ3n) is 1.88. The summed E-state index contributed by atoms with van der Waals surface area (Å²) >= 11 is 0. The Morgan fingerprint density at radius 1 is 1.33 bits per heavy atom. The van der Waals surface area contributed by atoms with E-state index in [-0.39, 0.29) is 0 Å². The molecule has 2 aromatic rings. The molecule has 3 nitrogen and oxygen atoms in total. The molecule has 0 unspecified atom stereocenters. The van der Waals surface area contributed by atoms with Gasteiger partial charge in [-0.15, -0.1) is 0 Å². The van der Waals surface area contributed by atoms with Gasteiger partial charge in [-0.1, -0.05) is 6.07 Å². The normalized spacial score (nSPS) is 9.27. The summed E-state index contributed by atoms with van der Waals surface area (Å²) in [6.45, 7) is 0. The first-order chi connectivity index (χ1) is 7.38. The Hall–Kier alpha value is -2.34. The van der Waals surface area contributed by atoms with Crippen LogP contribution < -0.4 is 5.32 Å². The lowest BCUT2D eigenvalue weighted by Gasteiger charge is -2.04. The van der Waals surface area contributed by atoms with E-state index in [1.165, 1.54) is 0 Å². The van der Waals surface area contributed by atoms with Crippen LogP contribution in [0, 0.1) is 17.4 Å². The van der Waals surface area contributed by atoms with Crippen LogP contribution in [0.3, 0.4) is 0 Å². The van der Waals surface area contributed by atoms with Gasteiger partial charge in [-0.2, -0.15) is 5.26 Å². The fraction of sp³-hybridized carbons (Fsp3) is 0. The van der Waals surface area contributed by atoms with Gasteiger partial charge in [0.1, 0.15) is 5.82 Å². The second-order valence-corrected chi connectivity index (χ2v) is 2.96. The van der Waals surface area contributed by atoms with Crippen molar-refractivity contribution >= 4 is 11.5 Å². The standard InChI is InChI=1S/C12H8N3/c13-9-10-4-3-5-11(8-10)15-12-6-1-2-7-14-12/h1,3-8H,(H,14,15). The van der Waals surface area contributed by atoms with E-state index < -0.39 is 0 Å². The van der Waals surface area contributed by atoms with E-state index >= 15 is 0 Å². The lowest BCUT2D eigenvalue weighted by Crippen LogP contribution is -1.92. The van der Waals surface area contributed by atoms with E-state index in [1.807, 2.05) is 18.2 Å². The number of nitriles is 1. The van der Waals surface area contributed by atoms with Crippen molar-refractivity contribution in [3.8, 4) is 6.07 Å². The molecule has 0 amide bonds. The Morgan fingerprint density at radius 3 is 3.00 bits per heavy atom. The van der Waals surface area contributed by atoms with Crippen LogP contribution in [-0.4, -0.2) is 4.98 Å². The smallest absolute Gasteiger partial charge is 0.130 e. The third kappa shape index (κ3) is 2.32. The molecular weight excluding hydrogens is 186 g/mol. The first kappa shape index (κ1) is 9.22. The quantitative estimate of drug-likeness (QED) is 0.799. The van der Waals surface area contributed by atoms with Crippen LogP contribution in [0.1, 0.15) is 5.56 Å². The summed E-state index contributed by atoms with van der Waals surface area (Å²) in [5.74, 6) is 0.740. The van der Waals surface area contributed by atoms with Crippen molar-refractivity contribution < 1.29 is 0 Å². The van der Waals surface area contributed by atoms with Gasteiger partial charge in [0.2, 0.25) is 0 Å². The van der Waals surface area contributed by atoms with Gasteiger partial charge < -0.3 is 5.32 Å². The van der Waals surface area contributed by atoms with Crippen LogP contribution in [-0.2, 0) is 0 Å². The van der Waals surface area contributed by atoms with Crippen molar-refractivity contribution in [2.24, 2.45) is 0 Å². The maximum Gasteiger partial charge on any atom is 0.130 e. The number of nitrogens with one attached hydrogen (secondary N) is 1. The number of hydrogen-bond acceptors (Lipinski definition) is 3. The van der Waals surface area contributed by atoms with Gasteiger partial charge >= 0.3 is 0 Å². The molecule has 1 aromatic carbocycles. The first-order valence-corrected chi connectivity index (χ1v) is 4.48. The zero-order chi connectivity index (χ0) is 10.5. The van der Waals surface area contributed by atoms with E-state index in [9.17, 15) is 0 Å². The molecule has 0 saturated heterocycles. The molecule has 0 aliphatic carbocycles. The number of nitrogens with zero attached hydrogens (tertiary/aromatic N) is 2. The number of rotatable bonds is 2. The van der Waals surface area contributed by atoms with Crippen LogP contribution in [0.25, 0.3) is 0 Å². The van der Waals surface area contributed by atoms with E-state index in [2.05, 4.69) is 22.4 Å². The lowest BCUT2D eigenvalue weighted by molar-refractivity contribution is 1.30. The van der Waals surface area contributed by atoms with Crippen LogP contribution in [0.2, 0.25) is 0 Å². The summed E-state index contributed by atoms with van der Waals surface area (Å²) < 4.78 is 0. The van der Waals surface area contributed by atoms with Crippen molar-refractivity contribution in [3.63, 3.8) is 0 Å². The average molecular weight is 194 g/mol. The van der Waals surface area contributed by atoms with E-state index in [0.717, 1.165) is 11.5 Å². The zero-order valence-electron chi connectivity index (χ0n) is 7.94. The molecule has 0 aliphatic rings. The zero-order valence-corrected chi connectivity index (χ0v) is 7.94. The summed E-state index contributed by atoms with van der Waals surface area (Å²) in [7, 11) is 0. The molecule has 0 spiro atoms. The topological polar surface area (TPSA) is 48.7 Å². The number of pyridine rings is 1. The molecule has 1 heterocycles. The minimum atomic E-state index is 0.627. The molecule has 0 atom stereocenters. The fourth-order valence-corrected chi connectivity index (χ4v) is 1.21. The minimum absolute atomic E-state index is 0.627. The first-order valence-electron chi connectivity index (χ1n) is 4.48. The average Bonchev–Trinajstić information content (AvgIpc) is 2.31. The molecule has 0 saturated carbocycles. The van der Waals surface area contributed by atoms with Gasteiger partial charge in [-0.25, -0.2) is 4.98 Å². The number of benzene rings is 1. The molecule has 71 valence electrons. The molecule has 3 heteroatoms.